The van der Waals surface area contributed by atoms with Gasteiger partial charge in [0, 0.05) is 41.0 Å². The van der Waals surface area contributed by atoms with Crippen LogP contribution in [0.3, 0.4) is 0 Å². The van der Waals surface area contributed by atoms with Gasteiger partial charge in [-0.25, -0.2) is 4.68 Å². The van der Waals surface area contributed by atoms with Crippen molar-refractivity contribution >= 4 is 23.4 Å². The first-order chi connectivity index (χ1) is 16.9. The fourth-order valence-electron chi connectivity index (χ4n) is 4.47. The smallest absolute Gasteiger partial charge is 0.253 e. The Morgan fingerprint density at radius 1 is 1.06 bits per heavy atom. The molecule has 0 atom stereocenters. The summed E-state index contributed by atoms with van der Waals surface area (Å²) >= 11 is 6.00. The number of carbonyl (C=O) groups excluding carboxylic acids is 2. The molecule has 0 saturated carbocycles. The summed E-state index contributed by atoms with van der Waals surface area (Å²) in [4.78, 5) is 27.5. The third-order valence-electron chi connectivity index (χ3n) is 6.41. The molecule has 2 aromatic carbocycles. The van der Waals surface area contributed by atoms with Gasteiger partial charge < -0.3 is 15.0 Å². The highest BCUT2D eigenvalue weighted by molar-refractivity contribution is 6.30. The van der Waals surface area contributed by atoms with Gasteiger partial charge >= 0.3 is 0 Å². The van der Waals surface area contributed by atoms with E-state index >= 15 is 0 Å². The minimum absolute atomic E-state index is 0.0127. The number of likely N-dealkylation sites (tertiary alicyclic amines) is 1. The lowest BCUT2D eigenvalue weighted by atomic mass is 10.0. The van der Waals surface area contributed by atoms with Crippen LogP contribution < -0.4 is 10.1 Å². The second-order valence-electron chi connectivity index (χ2n) is 8.81. The fraction of sp³-hybridized carbons (Fsp3) is 0.370. The van der Waals surface area contributed by atoms with E-state index in [1.54, 1.807) is 12.1 Å². The number of halogens is 1. The molecule has 35 heavy (non-hydrogen) atoms. The summed E-state index contributed by atoms with van der Waals surface area (Å²) in [6, 6.07) is 14.8. The van der Waals surface area contributed by atoms with Gasteiger partial charge in [-0.3, -0.25) is 9.59 Å². The normalized spacial score (nSPS) is 14.1. The number of ether oxygens (including phenoxy) is 1. The Morgan fingerprint density at radius 2 is 1.71 bits per heavy atom. The lowest BCUT2D eigenvalue weighted by Crippen LogP contribution is -2.46. The van der Waals surface area contributed by atoms with Crippen LogP contribution >= 0.6 is 11.6 Å². The predicted molar refractivity (Wildman–Crippen MR) is 136 cm³/mol. The van der Waals surface area contributed by atoms with Gasteiger partial charge in [-0.2, -0.15) is 5.10 Å². The van der Waals surface area contributed by atoms with E-state index in [1.165, 1.54) is 0 Å². The number of nitrogens with one attached hydrogen (secondary N) is 1. The highest BCUT2D eigenvalue weighted by Gasteiger charge is 2.25. The van der Waals surface area contributed by atoms with Crippen molar-refractivity contribution in [2.45, 2.75) is 46.1 Å². The Morgan fingerprint density at radius 3 is 2.34 bits per heavy atom. The van der Waals surface area contributed by atoms with Gasteiger partial charge in [0.05, 0.1) is 24.4 Å². The standard InChI is InChI=1S/C27H31ClN4O3/c1-4-35-24-11-5-20(6-12-24)27(34)31-15-13-22(14-16-31)29-26(33)17-25-18(2)30-32(19(25)3)23-9-7-21(28)8-10-23/h5-12,22H,4,13-17H2,1-3H3,(H,29,33). The minimum Gasteiger partial charge on any atom is -0.494 e. The first-order valence-electron chi connectivity index (χ1n) is 12.0. The maximum absolute atomic E-state index is 12.8. The summed E-state index contributed by atoms with van der Waals surface area (Å²) in [5.41, 5.74) is 4.27. The molecule has 0 radical (unpaired) electrons. The Kier molecular flexibility index (Phi) is 7.76. The first-order valence-corrected chi connectivity index (χ1v) is 12.4. The number of aromatic nitrogens is 2. The number of nitrogens with zero attached hydrogens (tertiary/aromatic N) is 3. The molecule has 0 aliphatic carbocycles. The molecule has 1 N–H and O–H groups in total. The number of piperidine rings is 1. The van der Waals surface area contributed by atoms with Gasteiger partial charge in [0.2, 0.25) is 5.91 Å². The first kappa shape index (κ1) is 24.8. The number of amides is 2. The second kappa shape index (κ2) is 11.0. The van der Waals surface area contributed by atoms with Crippen LogP contribution in [0.4, 0.5) is 0 Å². The second-order valence-corrected chi connectivity index (χ2v) is 9.24. The molecule has 184 valence electrons. The fourth-order valence-corrected chi connectivity index (χ4v) is 4.60. The van der Waals surface area contributed by atoms with E-state index in [0.717, 1.165) is 41.2 Å². The van der Waals surface area contributed by atoms with Crippen LogP contribution in [-0.4, -0.2) is 52.2 Å². The minimum atomic E-state index is -0.0249. The lowest BCUT2D eigenvalue weighted by Gasteiger charge is -2.32. The molecule has 1 aromatic heterocycles. The molecule has 8 heteroatoms. The van der Waals surface area contributed by atoms with Crippen LogP contribution in [0.5, 0.6) is 5.75 Å². The molecule has 1 aliphatic rings. The molecule has 2 heterocycles. The molecular formula is C27H31ClN4O3. The molecule has 2 amide bonds. The van der Waals surface area contributed by atoms with Crippen molar-refractivity contribution in [2.75, 3.05) is 19.7 Å². The summed E-state index contributed by atoms with van der Waals surface area (Å²) < 4.78 is 7.29. The molecular weight excluding hydrogens is 464 g/mol. The Bertz CT molecular complexity index is 1180. The number of rotatable bonds is 7. The van der Waals surface area contributed by atoms with Gasteiger partial charge in [0.15, 0.2) is 0 Å². The third-order valence-corrected chi connectivity index (χ3v) is 6.66. The number of carbonyl (C=O) groups is 2. The van der Waals surface area contributed by atoms with Gasteiger partial charge in [0.25, 0.3) is 5.91 Å². The summed E-state index contributed by atoms with van der Waals surface area (Å²) in [6.07, 6.45) is 1.74. The van der Waals surface area contributed by atoms with Crippen molar-refractivity contribution in [2.24, 2.45) is 0 Å². The van der Waals surface area contributed by atoms with Gasteiger partial charge in [-0.05, 0) is 82.1 Å². The van der Waals surface area contributed by atoms with Gasteiger partial charge in [-0.1, -0.05) is 11.6 Å². The van der Waals surface area contributed by atoms with Crippen molar-refractivity contribution in [3.63, 3.8) is 0 Å². The highest BCUT2D eigenvalue weighted by atomic mass is 35.5. The summed E-state index contributed by atoms with van der Waals surface area (Å²) in [7, 11) is 0. The van der Waals surface area contributed by atoms with Gasteiger partial charge in [0.1, 0.15) is 5.75 Å². The van der Waals surface area contributed by atoms with Crippen molar-refractivity contribution in [3.8, 4) is 11.4 Å². The molecule has 0 spiro atoms. The zero-order valence-electron chi connectivity index (χ0n) is 20.4. The van der Waals surface area contributed by atoms with E-state index in [2.05, 4.69) is 10.4 Å². The molecule has 0 bridgehead atoms. The molecule has 0 unspecified atom stereocenters. The van der Waals surface area contributed by atoms with Crippen molar-refractivity contribution in [1.82, 2.24) is 20.0 Å². The van der Waals surface area contributed by atoms with E-state index in [9.17, 15) is 9.59 Å². The summed E-state index contributed by atoms with van der Waals surface area (Å²) in [6.45, 7) is 7.65. The van der Waals surface area contributed by atoms with Crippen LogP contribution in [0.15, 0.2) is 48.5 Å². The molecule has 1 saturated heterocycles. The number of hydrogen-bond acceptors (Lipinski definition) is 4. The number of hydrogen-bond donors (Lipinski definition) is 1. The predicted octanol–water partition coefficient (Wildman–Crippen LogP) is 4.50. The van der Waals surface area contributed by atoms with Crippen molar-refractivity contribution in [3.05, 3.63) is 76.1 Å². The monoisotopic (exact) mass is 494 g/mol. The number of aryl methyl sites for hydroxylation is 1. The van der Waals surface area contributed by atoms with Crippen LogP contribution in [0.1, 0.15) is 47.1 Å². The van der Waals surface area contributed by atoms with E-state index in [1.807, 2.05) is 66.8 Å². The van der Waals surface area contributed by atoms with Crippen molar-refractivity contribution < 1.29 is 14.3 Å². The maximum Gasteiger partial charge on any atom is 0.253 e. The number of benzene rings is 2. The van der Waals surface area contributed by atoms with Crippen molar-refractivity contribution in [1.29, 1.82) is 0 Å². The lowest BCUT2D eigenvalue weighted by molar-refractivity contribution is -0.121. The largest absolute Gasteiger partial charge is 0.494 e. The summed E-state index contributed by atoms with van der Waals surface area (Å²) in [5, 5.41) is 8.45. The maximum atomic E-state index is 12.8. The van der Waals surface area contributed by atoms with Crippen LogP contribution in [-0.2, 0) is 11.2 Å². The molecule has 1 fully saturated rings. The average molecular weight is 495 g/mol. The zero-order chi connectivity index (χ0) is 24.9. The van der Waals surface area contributed by atoms with E-state index < -0.39 is 0 Å². The van der Waals surface area contributed by atoms with Gasteiger partial charge in [-0.15, -0.1) is 0 Å². The van der Waals surface area contributed by atoms with E-state index in [4.69, 9.17) is 16.3 Å². The van der Waals surface area contributed by atoms with Crippen LogP contribution in [0.2, 0.25) is 5.02 Å². The SMILES string of the molecule is CCOc1ccc(C(=O)N2CCC(NC(=O)Cc3c(C)nn(-c4ccc(Cl)cc4)c3C)CC2)cc1. The highest BCUT2D eigenvalue weighted by Crippen LogP contribution is 2.21. The Hall–Kier alpha value is -3.32. The quantitative estimate of drug-likeness (QED) is 0.524. The molecule has 7 nitrogen and oxygen atoms in total. The average Bonchev–Trinajstić information content (AvgIpc) is 3.13. The summed E-state index contributed by atoms with van der Waals surface area (Å²) in [5.74, 6) is 0.747. The molecule has 1 aliphatic heterocycles. The van der Waals surface area contributed by atoms with Crippen LogP contribution in [0.25, 0.3) is 5.69 Å². The molecule has 3 aromatic rings. The van der Waals surface area contributed by atoms with E-state index in [-0.39, 0.29) is 24.3 Å². The Labute approximate surface area is 211 Å². The topological polar surface area (TPSA) is 76.5 Å². The molecule has 4 rings (SSSR count). The van der Waals surface area contributed by atoms with E-state index in [0.29, 0.717) is 30.3 Å². The third kappa shape index (κ3) is 5.85. The Balaban J connectivity index is 1.31. The van der Waals surface area contributed by atoms with Crippen LogP contribution in [0, 0.1) is 13.8 Å². The zero-order valence-corrected chi connectivity index (χ0v) is 21.1.